The van der Waals surface area contributed by atoms with E-state index in [2.05, 4.69) is 31.9 Å². The van der Waals surface area contributed by atoms with Gasteiger partial charge in [0.2, 0.25) is 0 Å². The van der Waals surface area contributed by atoms with Gasteiger partial charge in [0, 0.05) is 16.7 Å². The minimum absolute atomic E-state index is 0.442. The van der Waals surface area contributed by atoms with Crippen molar-refractivity contribution in [2.45, 2.75) is 4.83 Å². The van der Waals surface area contributed by atoms with Crippen molar-refractivity contribution in [1.29, 1.82) is 0 Å². The number of alkyl halides is 2. The smallest absolute Gasteiger partial charge is 0.372 e. The van der Waals surface area contributed by atoms with Crippen LogP contribution in [0.4, 0.5) is 0 Å². The Bertz CT molecular complexity index is 58.2. The van der Waals surface area contributed by atoms with E-state index in [1.54, 1.807) is 0 Å². The molecule has 0 saturated heterocycles. The molecule has 0 aliphatic carbocycles. The predicted molar refractivity (Wildman–Crippen MR) is 37.8 cm³/mol. The first-order chi connectivity index (χ1) is 4.54. The minimum atomic E-state index is -3.40. The van der Waals surface area contributed by atoms with E-state index in [-0.39, 0.29) is 0 Å². The van der Waals surface area contributed by atoms with Crippen molar-refractivity contribution in [1.82, 2.24) is 0 Å². The molecule has 0 radical (unpaired) electrons. The summed E-state index contributed by atoms with van der Waals surface area (Å²) in [6.45, 7) is 0.700. The molecule has 7 heteroatoms. The number of rotatable bonds is 2. The summed E-state index contributed by atoms with van der Waals surface area (Å²) in [5.74, 6) is 0. The molecule has 1 unspecified atom stereocenters. The maximum absolute atomic E-state index is 8.63. The van der Waals surface area contributed by atoms with Gasteiger partial charge in [-0.25, -0.2) is 0 Å². The van der Waals surface area contributed by atoms with Crippen molar-refractivity contribution in [3.8, 4) is 0 Å². The number of nitrogens with two attached hydrogens (primary N) is 1. The second kappa shape index (κ2) is 10.3. The summed E-state index contributed by atoms with van der Waals surface area (Å²) in [6, 6.07) is 0. The Morgan fingerprint density at radius 3 is 1.90 bits per heavy atom. The van der Waals surface area contributed by atoms with Gasteiger partial charge in [-0.05, 0) is 4.20 Å². The molecule has 0 aliphatic heterocycles. The highest BCUT2D eigenvalue weighted by Gasteiger charge is 1.93. The molecule has 0 fully saturated rings. The Morgan fingerprint density at radius 1 is 1.60 bits per heavy atom. The molecule has 0 amide bonds. The molecule has 0 rings (SSSR count). The third-order valence-electron chi connectivity index (χ3n) is 0.423. The highest BCUT2D eigenvalue weighted by Crippen LogP contribution is 1.98. The van der Waals surface area contributed by atoms with Gasteiger partial charge in [0.05, 0.1) is 0 Å². The average Bonchev–Trinajstić information content (AvgIpc) is 1.85. The molecule has 0 saturated carbocycles. The van der Waals surface area contributed by atoms with Crippen LogP contribution in [0.25, 0.3) is 0 Å². The van der Waals surface area contributed by atoms with Crippen LogP contribution in [0.2, 0.25) is 0 Å². The Kier molecular flexibility index (Phi) is 14.2. The molecule has 0 bridgehead atoms. The van der Waals surface area contributed by atoms with E-state index in [4.69, 9.17) is 18.3 Å². The molecule has 0 heterocycles. The zero-order chi connectivity index (χ0) is 8.57. The molecule has 64 valence electrons. The van der Waals surface area contributed by atoms with E-state index in [1.807, 2.05) is 0 Å². The van der Waals surface area contributed by atoms with Crippen LogP contribution in [-0.4, -0.2) is 20.9 Å². The van der Waals surface area contributed by atoms with Gasteiger partial charge in [-0.2, -0.15) is 0 Å². The zero-order valence-electron chi connectivity index (χ0n) is 4.97. The van der Waals surface area contributed by atoms with Crippen LogP contribution in [0, 0.1) is 14.8 Å². The molecule has 0 aromatic carbocycles. The predicted octanol–water partition coefficient (Wildman–Crippen LogP) is -1.83. The minimum Gasteiger partial charge on any atom is -0.372 e. The molecule has 0 aromatic heterocycles. The quantitative estimate of drug-likeness (QED) is 0.576. The Morgan fingerprint density at radius 2 is 1.90 bits per heavy atom. The van der Waals surface area contributed by atoms with Gasteiger partial charge >= 0.3 is 14.8 Å². The summed E-state index contributed by atoms with van der Waals surface area (Å²) in [7, 11) is 0. The molecule has 0 spiro atoms. The van der Waals surface area contributed by atoms with Crippen molar-refractivity contribution in [3.63, 3.8) is 0 Å². The first-order valence-corrected chi connectivity index (χ1v) is 6.23. The van der Waals surface area contributed by atoms with Gasteiger partial charge in [-0.1, -0.05) is 31.9 Å². The third kappa shape index (κ3) is 22.8. The number of hydrogen-bond donors (Lipinski definition) is 2. The van der Waals surface area contributed by atoms with Crippen LogP contribution < -0.4 is 14.1 Å². The van der Waals surface area contributed by atoms with Gasteiger partial charge in [0.15, 0.2) is 0 Å². The van der Waals surface area contributed by atoms with E-state index in [0.29, 0.717) is 11.4 Å². The standard InChI is InChI=1S/C3H7Br2N.BrHO3/c4-1-3(5)2-6;2-1(3)4/h3H,1-2,6H2;2H. The fraction of sp³-hybridized carbons (Fsp3) is 1.00. The normalized spacial score (nSPS) is 12.3. The molecular weight excluding hydrogens is 338 g/mol. The van der Waals surface area contributed by atoms with Crippen molar-refractivity contribution in [2.75, 3.05) is 11.9 Å². The lowest BCUT2D eigenvalue weighted by molar-refractivity contribution is -1.63. The van der Waals surface area contributed by atoms with Gasteiger partial charge in [-0.15, -0.1) is 0 Å². The second-order valence-corrected chi connectivity index (χ2v) is 3.97. The second-order valence-electron chi connectivity index (χ2n) is 1.19. The molecule has 3 N–H and O–H groups in total. The van der Waals surface area contributed by atoms with E-state index < -0.39 is 14.8 Å². The summed E-state index contributed by atoms with van der Waals surface area (Å²) in [5.41, 5.74) is 5.21. The van der Waals surface area contributed by atoms with Crippen LogP contribution in [0.15, 0.2) is 0 Å². The highest BCUT2D eigenvalue weighted by molar-refractivity contribution is 9.12. The average molecular weight is 346 g/mol. The fourth-order valence-corrected chi connectivity index (χ4v) is 0.327. The van der Waals surface area contributed by atoms with E-state index >= 15 is 0 Å². The van der Waals surface area contributed by atoms with Crippen molar-refractivity contribution in [3.05, 3.63) is 0 Å². The van der Waals surface area contributed by atoms with E-state index in [9.17, 15) is 0 Å². The summed E-state index contributed by atoms with van der Waals surface area (Å²) in [4.78, 5) is 0.442. The van der Waals surface area contributed by atoms with Gasteiger partial charge < -0.3 is 14.1 Å². The maximum atomic E-state index is 8.63. The highest BCUT2D eigenvalue weighted by atomic mass is 80.0. The molecule has 10 heavy (non-hydrogen) atoms. The summed E-state index contributed by atoms with van der Waals surface area (Å²) in [5, 5.41) is 0.934. The zero-order valence-corrected chi connectivity index (χ0v) is 9.72. The van der Waals surface area contributed by atoms with Crippen molar-refractivity contribution >= 4 is 31.9 Å². The number of halogens is 3. The van der Waals surface area contributed by atoms with Crippen molar-refractivity contribution < 1.29 is 27.4 Å². The summed E-state index contributed by atoms with van der Waals surface area (Å²) in [6.07, 6.45) is 0. The van der Waals surface area contributed by atoms with E-state index in [1.165, 1.54) is 0 Å². The molecule has 0 aliphatic rings. The summed E-state index contributed by atoms with van der Waals surface area (Å²) < 4.78 is 24.3. The Hall–Kier alpha value is 1.28. The molecule has 0 aromatic rings. The van der Waals surface area contributed by atoms with Crippen LogP contribution in [-0.2, 0) is 0 Å². The first kappa shape index (κ1) is 13.8. The Labute approximate surface area is 81.5 Å². The van der Waals surface area contributed by atoms with Crippen LogP contribution in [0.5, 0.6) is 0 Å². The van der Waals surface area contributed by atoms with Crippen LogP contribution in [0.1, 0.15) is 0 Å². The SMILES string of the molecule is NCC(Br)CBr.[O-][Br+2]([O-])O. The molecule has 4 nitrogen and oxygen atoms in total. The topological polar surface area (TPSA) is 92.4 Å². The molecular formula is C3H8Br3NO3. The number of hydrogen-bond acceptors (Lipinski definition) is 4. The lowest BCUT2D eigenvalue weighted by Gasteiger charge is -1.95. The van der Waals surface area contributed by atoms with Gasteiger partial charge in [0.25, 0.3) is 0 Å². The largest absolute Gasteiger partial charge is 0.433 e. The molecule has 1 atom stereocenters. The summed E-state index contributed by atoms with van der Waals surface area (Å²) >= 11 is 3.16. The third-order valence-corrected chi connectivity index (χ3v) is 2.77. The first-order valence-electron chi connectivity index (χ1n) is 2.19. The van der Waals surface area contributed by atoms with Gasteiger partial charge in [-0.3, -0.25) is 0 Å². The van der Waals surface area contributed by atoms with Gasteiger partial charge in [0.1, 0.15) is 0 Å². The maximum Gasteiger partial charge on any atom is 0.433 e. The Balaban J connectivity index is 0. The lowest BCUT2D eigenvalue weighted by Crippen LogP contribution is -2.30. The van der Waals surface area contributed by atoms with E-state index in [0.717, 1.165) is 5.33 Å². The van der Waals surface area contributed by atoms with Crippen LogP contribution >= 0.6 is 31.9 Å². The van der Waals surface area contributed by atoms with Crippen LogP contribution in [0.3, 0.4) is 0 Å². The lowest BCUT2D eigenvalue weighted by atomic mass is 10.5. The monoisotopic (exact) mass is 343 g/mol. The van der Waals surface area contributed by atoms with Crippen molar-refractivity contribution in [2.24, 2.45) is 5.73 Å². The fourth-order valence-electron chi connectivity index (χ4n) is 0.0630.